The maximum absolute atomic E-state index is 11.7. The number of carbonyl (C=O) groups is 3. The van der Waals surface area contributed by atoms with E-state index in [1.54, 1.807) is 18.2 Å². The van der Waals surface area contributed by atoms with E-state index >= 15 is 0 Å². The normalized spacial score (nSPS) is 9.70. The second-order valence-electron chi connectivity index (χ2n) is 4.25. The number of esters is 1. The summed E-state index contributed by atoms with van der Waals surface area (Å²) in [4.78, 5) is 34.2. The first-order chi connectivity index (χ1) is 9.52. The number of imide groups is 1. The summed E-state index contributed by atoms with van der Waals surface area (Å²) < 4.78 is 4.82. The van der Waals surface area contributed by atoms with Crippen LogP contribution in [0.25, 0.3) is 0 Å². The molecule has 0 radical (unpaired) electrons. The Morgan fingerprint density at radius 3 is 2.65 bits per heavy atom. The van der Waals surface area contributed by atoms with Gasteiger partial charge in [-0.25, -0.2) is 9.59 Å². The average molecular weight is 278 g/mol. The highest BCUT2D eigenvalue weighted by Gasteiger charge is 2.12. The van der Waals surface area contributed by atoms with Gasteiger partial charge in [-0.1, -0.05) is 24.6 Å². The summed E-state index contributed by atoms with van der Waals surface area (Å²) >= 11 is 0. The molecule has 0 unspecified atom stereocenters. The number of aryl methyl sites for hydroxylation is 1. The van der Waals surface area contributed by atoms with Crippen molar-refractivity contribution in [3.63, 3.8) is 0 Å². The monoisotopic (exact) mass is 278 g/mol. The highest BCUT2D eigenvalue weighted by molar-refractivity contribution is 5.97. The van der Waals surface area contributed by atoms with E-state index in [0.717, 1.165) is 12.0 Å². The van der Waals surface area contributed by atoms with Crippen molar-refractivity contribution < 1.29 is 19.1 Å². The van der Waals surface area contributed by atoms with Gasteiger partial charge in [0, 0.05) is 6.54 Å². The minimum atomic E-state index is -0.667. The van der Waals surface area contributed by atoms with Gasteiger partial charge in [0.25, 0.3) is 5.91 Å². The third-order valence-electron chi connectivity index (χ3n) is 2.38. The number of nitrogens with one attached hydrogen (secondary N) is 2. The summed E-state index contributed by atoms with van der Waals surface area (Å²) in [5, 5.41) is 4.55. The van der Waals surface area contributed by atoms with E-state index < -0.39 is 24.5 Å². The van der Waals surface area contributed by atoms with E-state index in [-0.39, 0.29) is 0 Å². The van der Waals surface area contributed by atoms with Crippen LogP contribution in [0.15, 0.2) is 24.3 Å². The molecule has 0 spiro atoms. The first kappa shape index (κ1) is 15.7. The van der Waals surface area contributed by atoms with Gasteiger partial charge in [0.15, 0.2) is 6.61 Å². The molecular weight excluding hydrogens is 260 g/mol. The number of hydrogen-bond donors (Lipinski definition) is 2. The predicted octanol–water partition coefficient (Wildman–Crippen LogP) is 1.39. The molecule has 0 aliphatic heterocycles. The van der Waals surface area contributed by atoms with Gasteiger partial charge in [0.1, 0.15) is 0 Å². The Balaban J connectivity index is 2.37. The lowest BCUT2D eigenvalue weighted by atomic mass is 10.1. The van der Waals surface area contributed by atoms with Crippen LogP contribution < -0.4 is 10.6 Å². The third-order valence-corrected chi connectivity index (χ3v) is 2.38. The average Bonchev–Trinajstić information content (AvgIpc) is 2.42. The van der Waals surface area contributed by atoms with E-state index in [2.05, 4.69) is 10.6 Å². The Morgan fingerprint density at radius 2 is 2.00 bits per heavy atom. The van der Waals surface area contributed by atoms with Crippen molar-refractivity contribution in [2.24, 2.45) is 0 Å². The molecular formula is C14H18N2O4. The molecule has 0 saturated carbocycles. The third kappa shape index (κ3) is 5.51. The van der Waals surface area contributed by atoms with Crippen molar-refractivity contribution in [2.45, 2.75) is 20.3 Å². The smallest absolute Gasteiger partial charge is 0.338 e. The van der Waals surface area contributed by atoms with Crippen LogP contribution in [0.5, 0.6) is 0 Å². The summed E-state index contributed by atoms with van der Waals surface area (Å²) in [6.07, 6.45) is 0.768. The van der Waals surface area contributed by atoms with Gasteiger partial charge in [0.05, 0.1) is 5.56 Å². The van der Waals surface area contributed by atoms with Gasteiger partial charge in [-0.15, -0.1) is 0 Å². The Hall–Kier alpha value is -2.37. The second-order valence-corrected chi connectivity index (χ2v) is 4.25. The number of benzene rings is 1. The van der Waals surface area contributed by atoms with Crippen LogP contribution in [0, 0.1) is 6.92 Å². The molecule has 0 heterocycles. The Bertz CT molecular complexity index is 500. The standard InChI is InChI=1S/C14H18N2O4/c1-3-7-15-14(19)16-12(17)9-20-13(18)11-6-4-5-10(2)8-11/h4-6,8H,3,7,9H2,1-2H3,(H2,15,16,17,19). The van der Waals surface area contributed by atoms with Crippen molar-refractivity contribution in [1.82, 2.24) is 10.6 Å². The topological polar surface area (TPSA) is 84.5 Å². The lowest BCUT2D eigenvalue weighted by Crippen LogP contribution is -2.41. The first-order valence-electron chi connectivity index (χ1n) is 6.34. The maximum Gasteiger partial charge on any atom is 0.338 e. The van der Waals surface area contributed by atoms with E-state index in [1.165, 1.54) is 0 Å². The molecule has 1 aromatic rings. The zero-order chi connectivity index (χ0) is 15.0. The van der Waals surface area contributed by atoms with Crippen molar-refractivity contribution in [1.29, 1.82) is 0 Å². The summed E-state index contributed by atoms with van der Waals surface area (Å²) in [6, 6.07) is 6.24. The molecule has 108 valence electrons. The molecule has 2 N–H and O–H groups in total. The van der Waals surface area contributed by atoms with E-state index in [0.29, 0.717) is 12.1 Å². The fourth-order valence-electron chi connectivity index (χ4n) is 1.43. The highest BCUT2D eigenvalue weighted by atomic mass is 16.5. The van der Waals surface area contributed by atoms with Crippen molar-refractivity contribution in [3.05, 3.63) is 35.4 Å². The first-order valence-corrected chi connectivity index (χ1v) is 6.34. The quantitative estimate of drug-likeness (QED) is 0.797. The number of carbonyl (C=O) groups excluding carboxylic acids is 3. The van der Waals surface area contributed by atoms with Crippen molar-refractivity contribution in [2.75, 3.05) is 13.2 Å². The van der Waals surface area contributed by atoms with Crippen LogP contribution in [0.1, 0.15) is 29.3 Å². The zero-order valence-electron chi connectivity index (χ0n) is 11.6. The Morgan fingerprint density at radius 1 is 1.25 bits per heavy atom. The lowest BCUT2D eigenvalue weighted by molar-refractivity contribution is -0.123. The Kier molecular flexibility index (Phi) is 6.22. The van der Waals surface area contributed by atoms with Crippen LogP contribution in [-0.2, 0) is 9.53 Å². The molecule has 0 bridgehead atoms. The molecule has 20 heavy (non-hydrogen) atoms. The number of ether oxygens (including phenoxy) is 1. The molecule has 0 atom stereocenters. The van der Waals surface area contributed by atoms with Crippen LogP contribution >= 0.6 is 0 Å². The summed E-state index contributed by atoms with van der Waals surface area (Å²) in [7, 11) is 0. The molecule has 0 fully saturated rings. The van der Waals surface area contributed by atoms with E-state index in [9.17, 15) is 14.4 Å². The molecule has 0 aromatic heterocycles. The largest absolute Gasteiger partial charge is 0.452 e. The van der Waals surface area contributed by atoms with Crippen LogP contribution in [0.4, 0.5) is 4.79 Å². The van der Waals surface area contributed by atoms with Gasteiger partial charge in [0.2, 0.25) is 0 Å². The molecule has 0 aliphatic rings. The van der Waals surface area contributed by atoms with Gasteiger partial charge in [-0.05, 0) is 25.5 Å². The van der Waals surface area contributed by atoms with Gasteiger partial charge in [-0.3, -0.25) is 10.1 Å². The molecule has 3 amide bonds. The van der Waals surface area contributed by atoms with Crippen LogP contribution in [0.2, 0.25) is 0 Å². The molecule has 0 aliphatic carbocycles. The van der Waals surface area contributed by atoms with Crippen LogP contribution in [0.3, 0.4) is 0 Å². The predicted molar refractivity (Wildman–Crippen MR) is 73.3 cm³/mol. The van der Waals surface area contributed by atoms with Gasteiger partial charge >= 0.3 is 12.0 Å². The lowest BCUT2D eigenvalue weighted by Gasteiger charge is -2.07. The number of rotatable bonds is 5. The van der Waals surface area contributed by atoms with Crippen LogP contribution in [-0.4, -0.2) is 31.1 Å². The number of amides is 3. The fraction of sp³-hybridized carbons (Fsp3) is 0.357. The molecule has 1 rings (SSSR count). The van der Waals surface area contributed by atoms with E-state index in [1.807, 2.05) is 19.9 Å². The molecule has 6 heteroatoms. The van der Waals surface area contributed by atoms with Gasteiger partial charge in [-0.2, -0.15) is 0 Å². The van der Waals surface area contributed by atoms with Gasteiger partial charge < -0.3 is 10.1 Å². The number of hydrogen-bond acceptors (Lipinski definition) is 4. The summed E-state index contributed by atoms with van der Waals surface area (Å²) in [5.74, 6) is -1.27. The molecule has 1 aromatic carbocycles. The number of urea groups is 1. The summed E-state index contributed by atoms with van der Waals surface area (Å²) in [5.41, 5.74) is 1.29. The second kappa shape index (κ2) is 7.93. The van der Waals surface area contributed by atoms with Crippen molar-refractivity contribution in [3.8, 4) is 0 Å². The maximum atomic E-state index is 11.7. The minimum Gasteiger partial charge on any atom is -0.452 e. The minimum absolute atomic E-state index is 0.369. The summed E-state index contributed by atoms with van der Waals surface area (Å²) in [6.45, 7) is 3.72. The fourth-order valence-corrected chi connectivity index (χ4v) is 1.43. The van der Waals surface area contributed by atoms with E-state index in [4.69, 9.17) is 4.74 Å². The zero-order valence-corrected chi connectivity index (χ0v) is 11.6. The Labute approximate surface area is 117 Å². The molecule has 6 nitrogen and oxygen atoms in total. The highest BCUT2D eigenvalue weighted by Crippen LogP contribution is 2.05. The van der Waals surface area contributed by atoms with Crippen molar-refractivity contribution >= 4 is 17.9 Å². The SMILES string of the molecule is CCCNC(=O)NC(=O)COC(=O)c1cccc(C)c1. The molecule has 0 saturated heterocycles.